The number of nitrogens with one attached hydrogen (secondary N) is 2. The number of hydrogen-bond acceptors (Lipinski definition) is 3. The number of anilines is 2. The molecule has 8 heteroatoms. The second-order valence-electron chi connectivity index (χ2n) is 7.26. The Hall–Kier alpha value is -2.73. The van der Waals surface area contributed by atoms with Crippen molar-refractivity contribution in [1.29, 1.82) is 0 Å². The summed E-state index contributed by atoms with van der Waals surface area (Å²) in [4.78, 5) is 24.7. The minimum absolute atomic E-state index is 0.207. The smallest absolute Gasteiger partial charge is 0.262 e. The van der Waals surface area contributed by atoms with Crippen molar-refractivity contribution in [3.8, 4) is 5.75 Å². The molecule has 5 nitrogen and oxygen atoms in total. The molecule has 0 radical (unpaired) electrons. The Kier molecular flexibility index (Phi) is 7.67. The lowest BCUT2D eigenvalue weighted by Gasteiger charge is -2.15. The number of halogens is 3. The van der Waals surface area contributed by atoms with Gasteiger partial charge < -0.3 is 15.4 Å². The van der Waals surface area contributed by atoms with E-state index in [1.54, 1.807) is 44.2 Å². The van der Waals surface area contributed by atoms with Gasteiger partial charge in [-0.2, -0.15) is 0 Å². The standard InChI is InChI=1S/C24H21Cl3N2O3/c1-13-5-4-6-16(11-13)24(31)29-18-9-7-17(8-10-18)28-19(30)12-32-23-21(26)14(2)20(25)15(3)22(23)27/h4-11H,12H2,1-3H3,(H,28,30)(H,29,31). The summed E-state index contributed by atoms with van der Waals surface area (Å²) < 4.78 is 5.56. The summed E-state index contributed by atoms with van der Waals surface area (Å²) in [5, 5.41) is 6.55. The largest absolute Gasteiger partial charge is 0.481 e. The molecule has 0 saturated carbocycles. The van der Waals surface area contributed by atoms with E-state index in [9.17, 15) is 9.59 Å². The highest BCUT2D eigenvalue weighted by Crippen LogP contribution is 2.42. The van der Waals surface area contributed by atoms with Gasteiger partial charge in [-0.25, -0.2) is 0 Å². The molecule has 0 bridgehead atoms. The summed E-state index contributed by atoms with van der Waals surface area (Å²) in [6.07, 6.45) is 0. The number of rotatable bonds is 6. The maximum atomic E-state index is 12.3. The summed E-state index contributed by atoms with van der Waals surface area (Å²) in [6, 6.07) is 14.1. The normalized spacial score (nSPS) is 10.6. The van der Waals surface area contributed by atoms with Gasteiger partial charge in [-0.15, -0.1) is 0 Å². The number of hydrogen-bond donors (Lipinski definition) is 2. The fourth-order valence-corrected chi connectivity index (χ4v) is 3.82. The number of amides is 2. The van der Waals surface area contributed by atoms with Crippen molar-refractivity contribution in [2.45, 2.75) is 20.8 Å². The first-order valence-electron chi connectivity index (χ1n) is 9.71. The third-order valence-corrected chi connectivity index (χ3v) is 6.25. The van der Waals surface area contributed by atoms with Crippen LogP contribution >= 0.6 is 34.8 Å². The topological polar surface area (TPSA) is 67.4 Å². The van der Waals surface area contributed by atoms with Gasteiger partial charge in [0.05, 0.1) is 10.0 Å². The van der Waals surface area contributed by atoms with Crippen molar-refractivity contribution < 1.29 is 14.3 Å². The van der Waals surface area contributed by atoms with Crippen LogP contribution in [-0.2, 0) is 4.79 Å². The van der Waals surface area contributed by atoms with Gasteiger partial charge in [0.15, 0.2) is 12.4 Å². The van der Waals surface area contributed by atoms with E-state index in [1.807, 2.05) is 25.1 Å². The predicted molar refractivity (Wildman–Crippen MR) is 131 cm³/mol. The van der Waals surface area contributed by atoms with E-state index in [4.69, 9.17) is 39.5 Å². The first kappa shape index (κ1) is 23.9. The van der Waals surface area contributed by atoms with E-state index in [0.717, 1.165) is 5.56 Å². The molecule has 0 fully saturated rings. The Morgan fingerprint density at radius 3 is 1.94 bits per heavy atom. The lowest BCUT2D eigenvalue weighted by Crippen LogP contribution is -2.20. The van der Waals surface area contributed by atoms with Crippen LogP contribution in [-0.4, -0.2) is 18.4 Å². The fourth-order valence-electron chi connectivity index (χ4n) is 3.00. The molecule has 3 rings (SSSR count). The van der Waals surface area contributed by atoms with Crippen molar-refractivity contribution in [2.75, 3.05) is 17.2 Å². The van der Waals surface area contributed by atoms with Crippen LogP contribution in [0.4, 0.5) is 11.4 Å². The van der Waals surface area contributed by atoms with E-state index in [2.05, 4.69) is 10.6 Å². The van der Waals surface area contributed by atoms with Gasteiger partial charge >= 0.3 is 0 Å². The minimum atomic E-state index is -0.390. The van der Waals surface area contributed by atoms with Crippen LogP contribution in [0.1, 0.15) is 27.0 Å². The zero-order valence-electron chi connectivity index (χ0n) is 17.7. The molecular weight excluding hydrogens is 471 g/mol. The predicted octanol–water partition coefficient (Wildman–Crippen LogP) is 6.84. The third-order valence-electron chi connectivity index (χ3n) is 4.77. The second kappa shape index (κ2) is 10.3. The first-order chi connectivity index (χ1) is 15.2. The lowest BCUT2D eigenvalue weighted by molar-refractivity contribution is -0.118. The van der Waals surface area contributed by atoms with Crippen molar-refractivity contribution in [3.63, 3.8) is 0 Å². The Morgan fingerprint density at radius 1 is 0.812 bits per heavy atom. The maximum absolute atomic E-state index is 12.3. The third kappa shape index (κ3) is 5.54. The number of aryl methyl sites for hydroxylation is 1. The van der Waals surface area contributed by atoms with Crippen LogP contribution in [0.15, 0.2) is 48.5 Å². The quantitative estimate of drug-likeness (QED) is 0.396. The molecule has 32 heavy (non-hydrogen) atoms. The molecule has 0 saturated heterocycles. The molecule has 0 aliphatic rings. The molecule has 2 N–H and O–H groups in total. The highest BCUT2D eigenvalue weighted by atomic mass is 35.5. The molecule has 0 heterocycles. The Labute approximate surface area is 201 Å². The molecule has 0 aliphatic carbocycles. The van der Waals surface area contributed by atoms with E-state index >= 15 is 0 Å². The number of carbonyl (C=O) groups is 2. The molecule has 0 aliphatic heterocycles. The Balaban J connectivity index is 1.59. The van der Waals surface area contributed by atoms with Gasteiger partial charge in [0.25, 0.3) is 11.8 Å². The number of benzene rings is 3. The average molecular weight is 492 g/mol. The molecule has 3 aromatic carbocycles. The van der Waals surface area contributed by atoms with E-state index in [0.29, 0.717) is 33.1 Å². The zero-order valence-corrected chi connectivity index (χ0v) is 20.0. The van der Waals surface area contributed by atoms with Crippen molar-refractivity contribution in [1.82, 2.24) is 0 Å². The molecule has 0 spiro atoms. The molecule has 0 atom stereocenters. The zero-order chi connectivity index (χ0) is 23.4. The van der Waals surface area contributed by atoms with Crippen LogP contribution in [0.5, 0.6) is 5.75 Å². The van der Waals surface area contributed by atoms with E-state index in [-0.39, 0.29) is 34.2 Å². The van der Waals surface area contributed by atoms with Gasteiger partial charge in [0.1, 0.15) is 0 Å². The SMILES string of the molecule is Cc1cccc(C(=O)Nc2ccc(NC(=O)COc3c(Cl)c(C)c(Cl)c(C)c3Cl)cc2)c1. The van der Waals surface area contributed by atoms with Crippen LogP contribution < -0.4 is 15.4 Å². The number of carbonyl (C=O) groups excluding carboxylic acids is 2. The highest BCUT2D eigenvalue weighted by Gasteiger charge is 2.18. The molecule has 3 aromatic rings. The summed E-state index contributed by atoms with van der Waals surface area (Å²) in [7, 11) is 0. The van der Waals surface area contributed by atoms with Crippen molar-refractivity contribution in [3.05, 3.63) is 85.9 Å². The summed E-state index contributed by atoms with van der Waals surface area (Å²) in [5.74, 6) is -0.378. The van der Waals surface area contributed by atoms with Gasteiger partial charge in [0.2, 0.25) is 0 Å². The molecule has 0 unspecified atom stereocenters. The Morgan fingerprint density at radius 2 is 1.38 bits per heavy atom. The molecule has 166 valence electrons. The van der Waals surface area contributed by atoms with E-state index in [1.165, 1.54) is 0 Å². The highest BCUT2D eigenvalue weighted by molar-refractivity contribution is 6.42. The van der Waals surface area contributed by atoms with E-state index < -0.39 is 0 Å². The summed E-state index contributed by atoms with van der Waals surface area (Å²) in [6.45, 7) is 5.14. The molecule has 2 amide bonds. The van der Waals surface area contributed by atoms with Crippen molar-refractivity contribution in [2.24, 2.45) is 0 Å². The Bertz CT molecular complexity index is 1150. The summed E-state index contributed by atoms with van der Waals surface area (Å²) in [5.41, 5.74) is 4.00. The minimum Gasteiger partial charge on any atom is -0.481 e. The van der Waals surface area contributed by atoms with Crippen LogP contribution in [0.2, 0.25) is 15.1 Å². The van der Waals surface area contributed by atoms with Gasteiger partial charge in [-0.3, -0.25) is 9.59 Å². The fraction of sp³-hybridized carbons (Fsp3) is 0.167. The van der Waals surface area contributed by atoms with Gasteiger partial charge in [0, 0.05) is 22.0 Å². The van der Waals surface area contributed by atoms with Crippen molar-refractivity contribution >= 4 is 58.0 Å². The molecular formula is C24H21Cl3N2O3. The van der Waals surface area contributed by atoms with Crippen LogP contribution in [0.25, 0.3) is 0 Å². The molecule has 0 aromatic heterocycles. The van der Waals surface area contributed by atoms with Crippen LogP contribution in [0, 0.1) is 20.8 Å². The first-order valence-corrected chi connectivity index (χ1v) is 10.8. The number of ether oxygens (including phenoxy) is 1. The monoisotopic (exact) mass is 490 g/mol. The summed E-state index contributed by atoms with van der Waals surface area (Å²) >= 11 is 18.7. The maximum Gasteiger partial charge on any atom is 0.262 e. The van der Waals surface area contributed by atoms with Gasteiger partial charge in [-0.05, 0) is 68.3 Å². The van der Waals surface area contributed by atoms with Gasteiger partial charge in [-0.1, -0.05) is 52.5 Å². The van der Waals surface area contributed by atoms with Crippen LogP contribution in [0.3, 0.4) is 0 Å². The average Bonchev–Trinajstić information content (AvgIpc) is 2.77. The lowest BCUT2D eigenvalue weighted by atomic mass is 10.1. The second-order valence-corrected chi connectivity index (χ2v) is 8.39.